The summed E-state index contributed by atoms with van der Waals surface area (Å²) in [6.07, 6.45) is 20.3. The molecule has 0 spiro atoms. The molecule has 0 aromatic carbocycles. The minimum atomic E-state index is -0.446. The highest BCUT2D eigenvalue weighted by Crippen LogP contribution is 2.44. The lowest BCUT2D eigenvalue weighted by Crippen LogP contribution is -2.01. The van der Waals surface area contributed by atoms with E-state index in [4.69, 9.17) is 0 Å². The zero-order chi connectivity index (χ0) is 16.0. The maximum atomic E-state index is 9.68. The molecule has 0 heterocycles. The Hall–Kier alpha value is -1.00. The number of hydrogen-bond acceptors (Lipinski definition) is 1. The number of hydrogen-bond donors (Lipinski definition) is 1. The van der Waals surface area contributed by atoms with Gasteiger partial charge in [-0.2, -0.15) is 0 Å². The Morgan fingerprint density at radius 1 is 1.00 bits per heavy atom. The quantitative estimate of drug-likeness (QED) is 0.297. The van der Waals surface area contributed by atoms with Crippen LogP contribution in [0.2, 0.25) is 0 Å². The van der Waals surface area contributed by atoms with E-state index in [0.717, 1.165) is 31.1 Å². The van der Waals surface area contributed by atoms with E-state index in [0.29, 0.717) is 0 Å². The van der Waals surface area contributed by atoms with Gasteiger partial charge in [0.05, 0.1) is 0 Å². The summed E-state index contributed by atoms with van der Waals surface area (Å²) in [6, 6.07) is 0. The van der Waals surface area contributed by atoms with Crippen molar-refractivity contribution < 1.29 is 5.11 Å². The molecule has 0 amide bonds. The molecular formula is C21H34O. The fraction of sp³-hybridized carbons (Fsp3) is 0.714. The predicted octanol–water partition coefficient (Wildman–Crippen LogP) is 5.65. The van der Waals surface area contributed by atoms with Crippen molar-refractivity contribution in [3.8, 4) is 11.8 Å². The average molecular weight is 303 g/mol. The number of aliphatic hydroxyl groups is 1. The highest BCUT2D eigenvalue weighted by Gasteiger charge is 2.34. The second-order valence-electron chi connectivity index (χ2n) is 6.54. The lowest BCUT2D eigenvalue weighted by Gasteiger charge is -2.00. The van der Waals surface area contributed by atoms with Crippen LogP contribution < -0.4 is 0 Å². The van der Waals surface area contributed by atoms with Gasteiger partial charge in [0.1, 0.15) is 6.10 Å². The molecule has 1 fully saturated rings. The minimum Gasteiger partial charge on any atom is -0.380 e. The molecule has 22 heavy (non-hydrogen) atoms. The third kappa shape index (κ3) is 9.85. The van der Waals surface area contributed by atoms with Crippen LogP contribution in [-0.4, -0.2) is 11.2 Å². The molecule has 1 rings (SSSR count). The Kier molecular flexibility index (Phi) is 10.9. The largest absolute Gasteiger partial charge is 0.380 e. The number of rotatable bonds is 11. The molecule has 1 heteroatoms. The zero-order valence-corrected chi connectivity index (χ0v) is 14.6. The van der Waals surface area contributed by atoms with E-state index in [9.17, 15) is 5.11 Å². The third-order valence-electron chi connectivity index (χ3n) is 4.37. The molecule has 1 saturated carbocycles. The first-order chi connectivity index (χ1) is 10.8. The van der Waals surface area contributed by atoms with Crippen molar-refractivity contribution in [2.75, 3.05) is 0 Å². The second kappa shape index (κ2) is 12.5. The zero-order valence-electron chi connectivity index (χ0n) is 14.6. The summed E-state index contributed by atoms with van der Waals surface area (Å²) < 4.78 is 0. The van der Waals surface area contributed by atoms with Crippen molar-refractivity contribution in [2.45, 2.75) is 84.2 Å². The molecular weight excluding hydrogens is 268 g/mol. The highest BCUT2D eigenvalue weighted by molar-refractivity contribution is 5.18. The van der Waals surface area contributed by atoms with Crippen molar-refractivity contribution in [3.63, 3.8) is 0 Å². The SMILES string of the molecule is CCCC/C=C\C[C@@H]1C[C@@H]1C/C=C\C#C[C@@H](O)CCCCC. The van der Waals surface area contributed by atoms with Gasteiger partial charge in [-0.15, -0.1) is 0 Å². The number of aliphatic hydroxyl groups excluding tert-OH is 1. The molecule has 1 aliphatic carbocycles. The van der Waals surface area contributed by atoms with Crippen molar-refractivity contribution >= 4 is 0 Å². The van der Waals surface area contributed by atoms with Crippen LogP contribution in [0.5, 0.6) is 0 Å². The van der Waals surface area contributed by atoms with Crippen LogP contribution in [0.15, 0.2) is 24.3 Å². The molecule has 1 N–H and O–H groups in total. The lowest BCUT2D eigenvalue weighted by molar-refractivity contribution is 0.217. The Bertz CT molecular complexity index is 382. The first-order valence-corrected chi connectivity index (χ1v) is 9.27. The van der Waals surface area contributed by atoms with E-state index >= 15 is 0 Å². The topological polar surface area (TPSA) is 20.2 Å². The standard InChI is InChI=1S/C21H34O/c1-3-5-7-8-11-14-19-18-20(19)15-12-9-13-17-21(22)16-10-6-4-2/h8-9,11-12,19-22H,3-7,10,14-16,18H2,1-2H3/b11-8-,12-9-/t19-,20+,21+/m1/s1. The summed E-state index contributed by atoms with van der Waals surface area (Å²) in [5.41, 5.74) is 0. The van der Waals surface area contributed by atoms with Gasteiger partial charge in [0.15, 0.2) is 0 Å². The van der Waals surface area contributed by atoms with Gasteiger partial charge in [-0.05, 0) is 56.4 Å². The summed E-state index contributed by atoms with van der Waals surface area (Å²) in [6.45, 7) is 4.41. The fourth-order valence-corrected chi connectivity index (χ4v) is 2.70. The van der Waals surface area contributed by atoms with Crippen LogP contribution >= 0.6 is 0 Å². The van der Waals surface area contributed by atoms with Gasteiger partial charge in [0.2, 0.25) is 0 Å². The van der Waals surface area contributed by atoms with Gasteiger partial charge in [-0.3, -0.25) is 0 Å². The Morgan fingerprint density at radius 2 is 1.73 bits per heavy atom. The van der Waals surface area contributed by atoms with E-state index < -0.39 is 6.10 Å². The van der Waals surface area contributed by atoms with Crippen LogP contribution in [0.3, 0.4) is 0 Å². The highest BCUT2D eigenvalue weighted by atomic mass is 16.3. The summed E-state index contributed by atoms with van der Waals surface area (Å²) in [5.74, 6) is 7.65. The molecule has 0 aliphatic heterocycles. The fourth-order valence-electron chi connectivity index (χ4n) is 2.70. The van der Waals surface area contributed by atoms with Crippen molar-refractivity contribution in [1.29, 1.82) is 0 Å². The number of allylic oxidation sites excluding steroid dienone is 4. The van der Waals surface area contributed by atoms with Crippen LogP contribution in [-0.2, 0) is 0 Å². The smallest absolute Gasteiger partial charge is 0.115 e. The Labute approximate surface area is 137 Å². The van der Waals surface area contributed by atoms with Gasteiger partial charge in [0.25, 0.3) is 0 Å². The van der Waals surface area contributed by atoms with E-state index in [1.165, 1.54) is 44.9 Å². The third-order valence-corrected chi connectivity index (χ3v) is 4.37. The summed E-state index contributed by atoms with van der Waals surface area (Å²) in [5, 5.41) is 9.68. The average Bonchev–Trinajstić information content (AvgIpc) is 3.25. The summed E-state index contributed by atoms with van der Waals surface area (Å²) in [7, 11) is 0. The van der Waals surface area contributed by atoms with Crippen molar-refractivity contribution in [2.24, 2.45) is 11.8 Å². The van der Waals surface area contributed by atoms with Gasteiger partial charge in [0, 0.05) is 0 Å². The van der Waals surface area contributed by atoms with Crippen LogP contribution in [0, 0.1) is 23.7 Å². The van der Waals surface area contributed by atoms with Crippen molar-refractivity contribution in [1.82, 2.24) is 0 Å². The van der Waals surface area contributed by atoms with E-state index in [2.05, 4.69) is 43.9 Å². The van der Waals surface area contributed by atoms with E-state index in [1.807, 2.05) is 6.08 Å². The second-order valence-corrected chi connectivity index (χ2v) is 6.54. The molecule has 3 atom stereocenters. The monoisotopic (exact) mass is 302 g/mol. The van der Waals surface area contributed by atoms with Crippen molar-refractivity contribution in [3.05, 3.63) is 24.3 Å². The predicted molar refractivity (Wildman–Crippen MR) is 96.6 cm³/mol. The van der Waals surface area contributed by atoms with Crippen LogP contribution in [0.4, 0.5) is 0 Å². The molecule has 0 unspecified atom stereocenters. The van der Waals surface area contributed by atoms with E-state index in [1.54, 1.807) is 0 Å². The molecule has 0 radical (unpaired) electrons. The Balaban J connectivity index is 2.04. The lowest BCUT2D eigenvalue weighted by atomic mass is 10.1. The normalized spacial score (nSPS) is 22.0. The van der Waals surface area contributed by atoms with Gasteiger partial charge < -0.3 is 5.11 Å². The van der Waals surface area contributed by atoms with E-state index in [-0.39, 0.29) is 0 Å². The molecule has 0 aromatic rings. The van der Waals surface area contributed by atoms with Gasteiger partial charge in [-0.25, -0.2) is 0 Å². The molecule has 0 aromatic heterocycles. The minimum absolute atomic E-state index is 0.446. The van der Waals surface area contributed by atoms with Gasteiger partial charge in [-0.1, -0.05) is 69.6 Å². The summed E-state index contributed by atoms with van der Waals surface area (Å²) >= 11 is 0. The first-order valence-electron chi connectivity index (χ1n) is 9.27. The maximum absolute atomic E-state index is 9.68. The number of unbranched alkanes of at least 4 members (excludes halogenated alkanes) is 4. The molecule has 0 bridgehead atoms. The van der Waals surface area contributed by atoms with Crippen LogP contribution in [0.1, 0.15) is 78.1 Å². The Morgan fingerprint density at radius 3 is 2.45 bits per heavy atom. The molecule has 1 aliphatic rings. The molecule has 1 nitrogen and oxygen atoms in total. The summed E-state index contributed by atoms with van der Waals surface area (Å²) in [4.78, 5) is 0. The molecule has 124 valence electrons. The van der Waals surface area contributed by atoms with Gasteiger partial charge >= 0.3 is 0 Å². The maximum Gasteiger partial charge on any atom is 0.115 e. The van der Waals surface area contributed by atoms with Crippen LogP contribution in [0.25, 0.3) is 0 Å². The first kappa shape index (κ1) is 19.0. The molecule has 0 saturated heterocycles.